The highest BCUT2D eigenvalue weighted by atomic mass is 35.6. The summed E-state index contributed by atoms with van der Waals surface area (Å²) < 4.78 is 4.88. The van der Waals surface area contributed by atoms with Crippen molar-refractivity contribution in [1.29, 1.82) is 0 Å². The first-order valence-corrected chi connectivity index (χ1v) is 9.97. The molecule has 15 heavy (non-hydrogen) atoms. The average Bonchev–Trinajstić information content (AvgIpc) is 2.00. The normalized spacial score (nSPS) is 22.8. The van der Waals surface area contributed by atoms with Gasteiger partial charge in [0.15, 0.2) is 8.32 Å². The highest BCUT2D eigenvalue weighted by Crippen LogP contribution is 2.50. The molecule has 0 atom stereocenters. The summed E-state index contributed by atoms with van der Waals surface area (Å²) in [6.45, 7) is 6.42. The van der Waals surface area contributed by atoms with Crippen LogP contribution >= 0.6 is 34.8 Å². The SMILES string of the molecule is C[Si](C)(C)OC1(C(Cl)(Cl)Cl)CCCCC1. The summed E-state index contributed by atoms with van der Waals surface area (Å²) in [6, 6.07) is 0. The standard InChI is InChI=1S/C10H19Cl3OSi/c1-15(2,3)14-9(10(11,12)13)7-5-4-6-8-9/h4-8H2,1-3H3. The van der Waals surface area contributed by atoms with Gasteiger partial charge in [0, 0.05) is 0 Å². The van der Waals surface area contributed by atoms with E-state index in [4.69, 9.17) is 39.2 Å². The molecule has 0 aromatic heterocycles. The molecule has 1 saturated carbocycles. The third-order valence-electron chi connectivity index (χ3n) is 2.68. The Morgan fingerprint density at radius 2 is 1.47 bits per heavy atom. The van der Waals surface area contributed by atoms with Gasteiger partial charge in [-0.3, -0.25) is 0 Å². The van der Waals surface area contributed by atoms with Crippen molar-refractivity contribution < 1.29 is 4.43 Å². The molecule has 0 aromatic rings. The molecule has 0 unspecified atom stereocenters. The highest BCUT2D eigenvalue weighted by Gasteiger charge is 2.51. The topological polar surface area (TPSA) is 9.23 Å². The lowest BCUT2D eigenvalue weighted by Crippen LogP contribution is -2.52. The lowest BCUT2D eigenvalue weighted by atomic mass is 9.86. The number of halogens is 3. The minimum absolute atomic E-state index is 0.541. The van der Waals surface area contributed by atoms with Gasteiger partial charge in [-0.15, -0.1) is 0 Å². The van der Waals surface area contributed by atoms with Crippen LogP contribution in [-0.2, 0) is 4.43 Å². The Hall–Kier alpha value is 1.05. The second kappa shape index (κ2) is 4.73. The average molecular weight is 290 g/mol. The van der Waals surface area contributed by atoms with Crippen LogP contribution in [-0.4, -0.2) is 17.7 Å². The summed E-state index contributed by atoms with van der Waals surface area (Å²) in [5.74, 6) is 0. The molecule has 0 aromatic carbocycles. The van der Waals surface area contributed by atoms with Crippen LogP contribution in [0.2, 0.25) is 19.6 Å². The van der Waals surface area contributed by atoms with Crippen molar-refractivity contribution in [3.8, 4) is 0 Å². The van der Waals surface area contributed by atoms with Gasteiger partial charge in [-0.25, -0.2) is 0 Å². The van der Waals surface area contributed by atoms with Crippen molar-refractivity contribution in [1.82, 2.24) is 0 Å². The fourth-order valence-electron chi connectivity index (χ4n) is 2.15. The monoisotopic (exact) mass is 288 g/mol. The van der Waals surface area contributed by atoms with Crippen molar-refractivity contribution in [2.45, 2.75) is 61.1 Å². The van der Waals surface area contributed by atoms with Gasteiger partial charge in [0.1, 0.15) is 5.60 Å². The molecule has 0 amide bonds. The van der Waals surface area contributed by atoms with Gasteiger partial charge in [0.05, 0.1) is 0 Å². The Kier molecular flexibility index (Phi) is 4.45. The van der Waals surface area contributed by atoms with E-state index in [0.29, 0.717) is 0 Å². The number of rotatable bonds is 2. The van der Waals surface area contributed by atoms with Crippen LogP contribution < -0.4 is 0 Å². The Labute approximate surface area is 109 Å². The zero-order valence-electron chi connectivity index (χ0n) is 9.58. The van der Waals surface area contributed by atoms with E-state index in [2.05, 4.69) is 19.6 Å². The van der Waals surface area contributed by atoms with Crippen LogP contribution in [0.15, 0.2) is 0 Å². The Morgan fingerprint density at radius 3 is 1.80 bits per heavy atom. The van der Waals surface area contributed by atoms with Crippen molar-refractivity contribution in [2.75, 3.05) is 0 Å². The zero-order valence-corrected chi connectivity index (χ0v) is 12.8. The first-order chi connectivity index (χ1) is 6.66. The third kappa shape index (κ3) is 3.78. The molecule has 1 fully saturated rings. The fourth-order valence-corrected chi connectivity index (χ4v) is 4.56. The number of alkyl halides is 3. The van der Waals surface area contributed by atoms with Crippen LogP contribution in [0.25, 0.3) is 0 Å². The number of hydrogen-bond donors (Lipinski definition) is 0. The Bertz CT molecular complexity index is 214. The predicted molar refractivity (Wildman–Crippen MR) is 70.5 cm³/mol. The van der Waals surface area contributed by atoms with Crippen LogP contribution in [0.5, 0.6) is 0 Å². The molecule has 0 N–H and O–H groups in total. The van der Waals surface area contributed by atoms with E-state index in [1.165, 1.54) is 6.42 Å². The lowest BCUT2D eigenvalue weighted by molar-refractivity contribution is 0.0262. The van der Waals surface area contributed by atoms with Gasteiger partial charge >= 0.3 is 0 Å². The minimum Gasteiger partial charge on any atom is -0.408 e. The van der Waals surface area contributed by atoms with Gasteiger partial charge in [-0.1, -0.05) is 54.1 Å². The molecule has 0 bridgehead atoms. The molecule has 1 rings (SSSR count). The van der Waals surface area contributed by atoms with E-state index in [0.717, 1.165) is 25.7 Å². The van der Waals surface area contributed by atoms with Gasteiger partial charge in [0.25, 0.3) is 0 Å². The van der Waals surface area contributed by atoms with Crippen LogP contribution in [0.1, 0.15) is 32.1 Å². The third-order valence-corrected chi connectivity index (χ3v) is 4.72. The second-order valence-corrected chi connectivity index (χ2v) is 12.0. The lowest BCUT2D eigenvalue weighted by Gasteiger charge is -2.46. The van der Waals surface area contributed by atoms with Gasteiger partial charge in [-0.05, 0) is 32.5 Å². The molecule has 0 aliphatic heterocycles. The largest absolute Gasteiger partial charge is 0.408 e. The predicted octanol–water partition coefficient (Wildman–Crippen LogP) is 4.91. The smallest absolute Gasteiger partial charge is 0.217 e. The molecule has 1 nitrogen and oxygen atoms in total. The Morgan fingerprint density at radius 1 is 1.00 bits per heavy atom. The molecule has 0 spiro atoms. The minimum atomic E-state index is -1.68. The molecule has 0 radical (unpaired) electrons. The van der Waals surface area contributed by atoms with Gasteiger partial charge < -0.3 is 4.43 Å². The first kappa shape index (κ1) is 14.1. The van der Waals surface area contributed by atoms with E-state index in [1.54, 1.807) is 0 Å². The summed E-state index contributed by atoms with van der Waals surface area (Å²) in [6.07, 6.45) is 5.15. The summed E-state index contributed by atoms with van der Waals surface area (Å²) in [4.78, 5) is 0. The van der Waals surface area contributed by atoms with Gasteiger partial charge in [-0.2, -0.15) is 0 Å². The maximum absolute atomic E-state index is 6.17. The van der Waals surface area contributed by atoms with Crippen molar-refractivity contribution in [3.05, 3.63) is 0 Å². The van der Waals surface area contributed by atoms with E-state index in [1.807, 2.05) is 0 Å². The quantitative estimate of drug-likeness (QED) is 0.518. The van der Waals surface area contributed by atoms with Crippen molar-refractivity contribution in [2.24, 2.45) is 0 Å². The van der Waals surface area contributed by atoms with E-state index < -0.39 is 17.7 Å². The maximum atomic E-state index is 6.17. The molecule has 5 heteroatoms. The second-order valence-electron chi connectivity index (χ2n) is 5.27. The Balaban J connectivity index is 2.86. The fraction of sp³-hybridized carbons (Fsp3) is 1.00. The van der Waals surface area contributed by atoms with Crippen molar-refractivity contribution in [3.63, 3.8) is 0 Å². The van der Waals surface area contributed by atoms with E-state index >= 15 is 0 Å². The molecule has 1 aliphatic carbocycles. The van der Waals surface area contributed by atoms with E-state index in [-0.39, 0.29) is 0 Å². The maximum Gasteiger partial charge on any atom is 0.217 e. The summed E-state index contributed by atoms with van der Waals surface area (Å²) >= 11 is 18.3. The summed E-state index contributed by atoms with van der Waals surface area (Å²) in [5.41, 5.74) is -0.541. The van der Waals surface area contributed by atoms with Crippen LogP contribution in [0.3, 0.4) is 0 Å². The molecular weight excluding hydrogens is 271 g/mol. The van der Waals surface area contributed by atoms with E-state index in [9.17, 15) is 0 Å². The van der Waals surface area contributed by atoms with Gasteiger partial charge in [0.2, 0.25) is 3.79 Å². The van der Waals surface area contributed by atoms with Crippen molar-refractivity contribution >= 4 is 43.1 Å². The zero-order chi connectivity index (χ0) is 11.7. The highest BCUT2D eigenvalue weighted by molar-refractivity contribution is 6.71. The summed E-state index contributed by atoms with van der Waals surface area (Å²) in [7, 11) is -1.68. The first-order valence-electron chi connectivity index (χ1n) is 5.43. The molecule has 90 valence electrons. The molecule has 0 heterocycles. The molecule has 0 saturated heterocycles. The molecular formula is C10H19Cl3OSi. The number of hydrogen-bond acceptors (Lipinski definition) is 1. The summed E-state index contributed by atoms with van der Waals surface area (Å²) in [5, 5.41) is 0. The van der Waals surface area contributed by atoms with Crippen LogP contribution in [0.4, 0.5) is 0 Å². The molecule has 1 aliphatic rings. The van der Waals surface area contributed by atoms with Crippen LogP contribution in [0, 0.1) is 0 Å².